The average molecular weight is 169 g/mol. The van der Waals surface area contributed by atoms with Gasteiger partial charge in [0.1, 0.15) is 0 Å². The Morgan fingerprint density at radius 3 is 2.08 bits per heavy atom. The van der Waals surface area contributed by atoms with Crippen LogP contribution in [-0.4, -0.2) is 6.04 Å². The van der Waals surface area contributed by atoms with E-state index in [1.54, 1.807) is 0 Å². The molecule has 0 fully saturated rings. The van der Waals surface area contributed by atoms with Gasteiger partial charge < -0.3 is 5.32 Å². The molecule has 0 spiro atoms. The summed E-state index contributed by atoms with van der Waals surface area (Å²) in [5.74, 6) is 0. The number of rotatable bonds is 6. The molecule has 0 aromatic heterocycles. The van der Waals surface area contributed by atoms with Gasteiger partial charge in [0.15, 0.2) is 0 Å². The van der Waals surface area contributed by atoms with Crippen LogP contribution in [0, 0.1) is 0 Å². The molecule has 0 aromatic carbocycles. The molecule has 0 aromatic rings. The predicted molar refractivity (Wildman–Crippen MR) is 56.2 cm³/mol. The highest BCUT2D eigenvalue weighted by Gasteiger charge is 2.04. The molecule has 1 nitrogen and oxygen atoms in total. The Hall–Kier alpha value is -0.460. The highest BCUT2D eigenvalue weighted by atomic mass is 14.9. The fourth-order valence-corrected chi connectivity index (χ4v) is 1.39. The number of hydrogen-bond acceptors (Lipinski definition) is 1. The van der Waals surface area contributed by atoms with Gasteiger partial charge in [-0.25, -0.2) is 0 Å². The highest BCUT2D eigenvalue weighted by Crippen LogP contribution is 2.06. The Labute approximate surface area is 77.2 Å². The molecule has 0 amide bonds. The summed E-state index contributed by atoms with van der Waals surface area (Å²) in [5, 5.41) is 3.53. The van der Waals surface area contributed by atoms with E-state index in [1.807, 2.05) is 0 Å². The lowest BCUT2D eigenvalue weighted by Gasteiger charge is -2.18. The van der Waals surface area contributed by atoms with E-state index in [0.29, 0.717) is 6.04 Å². The van der Waals surface area contributed by atoms with Crippen molar-refractivity contribution in [1.82, 2.24) is 5.32 Å². The number of allylic oxidation sites excluding steroid dienone is 2. The molecule has 12 heavy (non-hydrogen) atoms. The zero-order valence-electron chi connectivity index (χ0n) is 8.98. The highest BCUT2D eigenvalue weighted by molar-refractivity contribution is 4.94. The van der Waals surface area contributed by atoms with Gasteiger partial charge in [0.05, 0.1) is 0 Å². The second kappa shape index (κ2) is 7.20. The summed E-state index contributed by atoms with van der Waals surface area (Å²) < 4.78 is 0. The summed E-state index contributed by atoms with van der Waals surface area (Å²) in [6.45, 7) is 8.71. The first kappa shape index (κ1) is 11.5. The van der Waals surface area contributed by atoms with Crippen LogP contribution >= 0.6 is 0 Å². The second-order valence-corrected chi connectivity index (χ2v) is 3.39. The topological polar surface area (TPSA) is 12.0 Å². The summed E-state index contributed by atoms with van der Waals surface area (Å²) >= 11 is 0. The third-order valence-corrected chi connectivity index (χ3v) is 2.14. The molecular formula is C11H23N. The van der Waals surface area contributed by atoms with Crippen LogP contribution in [0.4, 0.5) is 0 Å². The molecule has 0 aliphatic rings. The zero-order valence-corrected chi connectivity index (χ0v) is 8.98. The molecule has 1 N–H and O–H groups in total. The lowest BCUT2D eigenvalue weighted by molar-refractivity contribution is 0.481. The molecule has 0 rings (SSSR count). The molecular weight excluding hydrogens is 146 g/mol. The van der Waals surface area contributed by atoms with Gasteiger partial charge in [-0.1, -0.05) is 32.8 Å². The minimum Gasteiger partial charge on any atom is -0.386 e. The van der Waals surface area contributed by atoms with Crippen molar-refractivity contribution in [2.24, 2.45) is 0 Å². The first-order valence-electron chi connectivity index (χ1n) is 5.14. The summed E-state index contributed by atoms with van der Waals surface area (Å²) in [6, 6.07) is 0.691. The van der Waals surface area contributed by atoms with Crippen molar-refractivity contribution in [3.05, 3.63) is 11.8 Å². The van der Waals surface area contributed by atoms with Crippen LogP contribution in [0.1, 0.15) is 53.4 Å². The van der Waals surface area contributed by atoms with Crippen molar-refractivity contribution in [3.63, 3.8) is 0 Å². The van der Waals surface area contributed by atoms with E-state index >= 15 is 0 Å². The summed E-state index contributed by atoms with van der Waals surface area (Å²) in [6.07, 6.45) is 7.26. The third kappa shape index (κ3) is 5.22. The van der Waals surface area contributed by atoms with Crippen molar-refractivity contribution >= 4 is 0 Å². The third-order valence-electron chi connectivity index (χ3n) is 2.14. The molecule has 0 bridgehead atoms. The van der Waals surface area contributed by atoms with E-state index in [4.69, 9.17) is 0 Å². The van der Waals surface area contributed by atoms with Gasteiger partial charge in [-0.05, 0) is 26.7 Å². The van der Waals surface area contributed by atoms with Crippen LogP contribution in [-0.2, 0) is 0 Å². The Morgan fingerprint density at radius 1 is 1.25 bits per heavy atom. The first-order chi connectivity index (χ1) is 5.74. The molecule has 1 heteroatoms. The van der Waals surface area contributed by atoms with Gasteiger partial charge in [0.2, 0.25) is 0 Å². The number of nitrogens with one attached hydrogen (secondary N) is 1. The minimum atomic E-state index is 0.691. The van der Waals surface area contributed by atoms with E-state index in [0.717, 1.165) is 0 Å². The van der Waals surface area contributed by atoms with Gasteiger partial charge >= 0.3 is 0 Å². The molecule has 0 aliphatic carbocycles. The molecule has 0 saturated heterocycles. The van der Waals surface area contributed by atoms with Crippen LogP contribution in [0.5, 0.6) is 0 Å². The van der Waals surface area contributed by atoms with Crippen LogP contribution in [0.3, 0.4) is 0 Å². The molecule has 72 valence electrons. The van der Waals surface area contributed by atoms with Crippen LogP contribution in [0.25, 0.3) is 0 Å². The zero-order chi connectivity index (χ0) is 9.40. The van der Waals surface area contributed by atoms with Gasteiger partial charge in [-0.3, -0.25) is 0 Å². The smallest absolute Gasteiger partial charge is 0.0257 e. The van der Waals surface area contributed by atoms with Gasteiger partial charge in [0.25, 0.3) is 0 Å². The maximum Gasteiger partial charge on any atom is 0.0257 e. The van der Waals surface area contributed by atoms with Crippen LogP contribution < -0.4 is 5.32 Å². The SMILES string of the molecule is C/C=C(/C)NC(CCC)CCC. The van der Waals surface area contributed by atoms with E-state index in [1.165, 1.54) is 31.4 Å². The second-order valence-electron chi connectivity index (χ2n) is 3.39. The largest absolute Gasteiger partial charge is 0.386 e. The van der Waals surface area contributed by atoms with E-state index in [9.17, 15) is 0 Å². The van der Waals surface area contributed by atoms with Crippen molar-refractivity contribution in [1.29, 1.82) is 0 Å². The molecule has 0 heterocycles. The Balaban J connectivity index is 3.77. The van der Waals surface area contributed by atoms with E-state index in [-0.39, 0.29) is 0 Å². The Kier molecular flexibility index (Phi) is 6.93. The molecule has 0 unspecified atom stereocenters. The van der Waals surface area contributed by atoms with Crippen molar-refractivity contribution in [3.8, 4) is 0 Å². The lowest BCUT2D eigenvalue weighted by atomic mass is 10.1. The van der Waals surface area contributed by atoms with Gasteiger partial charge in [-0.2, -0.15) is 0 Å². The molecule has 0 saturated carbocycles. The van der Waals surface area contributed by atoms with Gasteiger partial charge in [0, 0.05) is 11.7 Å². The average Bonchev–Trinajstić information content (AvgIpc) is 2.05. The number of hydrogen-bond donors (Lipinski definition) is 1. The normalized spacial score (nSPS) is 12.2. The van der Waals surface area contributed by atoms with Crippen molar-refractivity contribution in [2.45, 2.75) is 59.4 Å². The predicted octanol–water partition coefficient (Wildman–Crippen LogP) is 3.47. The Morgan fingerprint density at radius 2 is 1.75 bits per heavy atom. The maximum absolute atomic E-state index is 3.53. The molecule has 0 aliphatic heterocycles. The molecule has 0 radical (unpaired) electrons. The fraction of sp³-hybridized carbons (Fsp3) is 0.818. The monoisotopic (exact) mass is 169 g/mol. The van der Waals surface area contributed by atoms with Crippen molar-refractivity contribution < 1.29 is 0 Å². The first-order valence-corrected chi connectivity index (χ1v) is 5.14. The lowest BCUT2D eigenvalue weighted by Crippen LogP contribution is -2.26. The standard InChI is InChI=1S/C11H23N/c1-5-8-11(9-6-2)12-10(4)7-3/h7,11-12H,5-6,8-9H2,1-4H3/b10-7-. The van der Waals surface area contributed by atoms with Crippen LogP contribution in [0.15, 0.2) is 11.8 Å². The van der Waals surface area contributed by atoms with Crippen LogP contribution in [0.2, 0.25) is 0 Å². The quantitative estimate of drug-likeness (QED) is 0.642. The summed E-state index contributed by atoms with van der Waals surface area (Å²) in [7, 11) is 0. The Bertz CT molecular complexity index is 121. The fourth-order valence-electron chi connectivity index (χ4n) is 1.39. The van der Waals surface area contributed by atoms with Gasteiger partial charge in [-0.15, -0.1) is 0 Å². The summed E-state index contributed by atoms with van der Waals surface area (Å²) in [4.78, 5) is 0. The minimum absolute atomic E-state index is 0.691. The van der Waals surface area contributed by atoms with Crippen molar-refractivity contribution in [2.75, 3.05) is 0 Å². The maximum atomic E-state index is 3.53. The van der Waals surface area contributed by atoms with E-state index in [2.05, 4.69) is 39.1 Å². The molecule has 0 atom stereocenters. The summed E-state index contributed by atoms with van der Waals surface area (Å²) in [5.41, 5.74) is 1.31. The van der Waals surface area contributed by atoms with E-state index < -0.39 is 0 Å².